The Balaban J connectivity index is 1.66. The van der Waals surface area contributed by atoms with E-state index in [1.165, 1.54) is 6.26 Å². The third-order valence-corrected chi connectivity index (χ3v) is 7.15. The molecule has 0 saturated heterocycles. The number of hydrogen-bond acceptors (Lipinski definition) is 8. The number of likely N-dealkylation sites (N-methyl/N-ethyl adjacent to an activating group) is 1. The van der Waals surface area contributed by atoms with Crippen LogP contribution in [-0.2, 0) is 9.84 Å². The van der Waals surface area contributed by atoms with Crippen molar-refractivity contribution >= 4 is 44.7 Å². The van der Waals surface area contributed by atoms with Gasteiger partial charge in [0.2, 0.25) is 5.95 Å². The van der Waals surface area contributed by atoms with Crippen molar-refractivity contribution in [3.8, 4) is 0 Å². The van der Waals surface area contributed by atoms with Crippen molar-refractivity contribution in [1.29, 1.82) is 0 Å². The zero-order valence-corrected chi connectivity index (χ0v) is 22.0. The minimum Gasteiger partial charge on any atom is -0.337 e. The highest BCUT2D eigenvalue weighted by Gasteiger charge is 2.17. The molecule has 1 aromatic heterocycles. The second-order valence-corrected chi connectivity index (χ2v) is 11.1. The number of benzene rings is 2. The van der Waals surface area contributed by atoms with Gasteiger partial charge in [-0.1, -0.05) is 12.1 Å². The fourth-order valence-corrected chi connectivity index (χ4v) is 3.95. The molecule has 1 heterocycles. The summed E-state index contributed by atoms with van der Waals surface area (Å²) >= 11 is 0. The first-order valence-corrected chi connectivity index (χ1v) is 13.4. The van der Waals surface area contributed by atoms with Crippen LogP contribution in [0.3, 0.4) is 0 Å². The molecule has 11 heteroatoms. The van der Waals surface area contributed by atoms with E-state index in [2.05, 4.69) is 25.9 Å². The van der Waals surface area contributed by atoms with Crippen LogP contribution in [0.2, 0.25) is 0 Å². The molecule has 192 valence electrons. The predicted molar refractivity (Wildman–Crippen MR) is 145 cm³/mol. The molecule has 0 bridgehead atoms. The van der Waals surface area contributed by atoms with Crippen LogP contribution in [-0.4, -0.2) is 69.8 Å². The third-order valence-electron chi connectivity index (χ3n) is 5.60. The lowest BCUT2D eigenvalue weighted by Crippen LogP contribution is -2.34. The Kier molecular flexibility index (Phi) is 8.83. The van der Waals surface area contributed by atoms with Crippen LogP contribution in [0.1, 0.15) is 17.7 Å². The van der Waals surface area contributed by atoms with Crippen molar-refractivity contribution in [3.63, 3.8) is 0 Å². The van der Waals surface area contributed by atoms with Gasteiger partial charge in [-0.15, -0.1) is 0 Å². The van der Waals surface area contributed by atoms with Gasteiger partial charge >= 0.3 is 6.03 Å². The maximum Gasteiger partial charge on any atom is 0.319 e. The first-order chi connectivity index (χ1) is 17.0. The van der Waals surface area contributed by atoms with Gasteiger partial charge in [0, 0.05) is 49.7 Å². The lowest BCUT2D eigenvalue weighted by molar-refractivity contribution is 0.250. The van der Waals surface area contributed by atoms with Crippen LogP contribution >= 0.6 is 0 Å². The maximum atomic E-state index is 12.0. The quantitative estimate of drug-likeness (QED) is 0.376. The van der Waals surface area contributed by atoms with E-state index in [1.807, 2.05) is 61.3 Å². The van der Waals surface area contributed by atoms with E-state index in [4.69, 9.17) is 0 Å². The van der Waals surface area contributed by atoms with Crippen molar-refractivity contribution in [1.82, 2.24) is 20.2 Å². The van der Waals surface area contributed by atoms with Gasteiger partial charge in [-0.3, -0.25) is 0 Å². The fraction of sp³-hybridized carbons (Fsp3) is 0.320. The summed E-state index contributed by atoms with van der Waals surface area (Å²) in [6.45, 7) is 2.99. The SMILES string of the molecule is CC(c1cccc(Nc2nccc(N(C)c3ccc(NC(=O)NCCN(C)C)cc3)n2)c1)S(C)(=O)=O. The predicted octanol–water partition coefficient (Wildman–Crippen LogP) is 3.78. The van der Waals surface area contributed by atoms with Crippen molar-refractivity contribution in [2.24, 2.45) is 0 Å². The average Bonchev–Trinajstić information content (AvgIpc) is 2.83. The van der Waals surface area contributed by atoms with Crippen molar-refractivity contribution < 1.29 is 13.2 Å². The Labute approximate surface area is 212 Å². The second kappa shape index (κ2) is 11.8. The number of sulfone groups is 1. The monoisotopic (exact) mass is 511 g/mol. The average molecular weight is 512 g/mol. The summed E-state index contributed by atoms with van der Waals surface area (Å²) in [4.78, 5) is 24.8. The highest BCUT2D eigenvalue weighted by Crippen LogP contribution is 2.26. The summed E-state index contributed by atoms with van der Waals surface area (Å²) < 4.78 is 23.8. The van der Waals surface area contributed by atoms with E-state index in [1.54, 1.807) is 37.4 Å². The van der Waals surface area contributed by atoms with Gasteiger partial charge in [0.25, 0.3) is 0 Å². The van der Waals surface area contributed by atoms with Crippen molar-refractivity contribution in [3.05, 3.63) is 66.4 Å². The molecular formula is C25H33N7O3S. The minimum absolute atomic E-state index is 0.250. The van der Waals surface area contributed by atoms with E-state index in [9.17, 15) is 13.2 Å². The standard InChI is InChI=1S/C25H33N7O3S/c1-18(36(5,34)35)19-7-6-8-21(17-19)28-24-26-14-13-23(30-24)32(4)22-11-9-20(10-12-22)29-25(33)27-15-16-31(2)3/h6-14,17-18H,15-16H2,1-5H3,(H,26,28,30)(H2,27,29,33). The molecule has 0 aliphatic rings. The number of nitrogens with zero attached hydrogens (tertiary/aromatic N) is 4. The number of anilines is 5. The van der Waals surface area contributed by atoms with E-state index in [-0.39, 0.29) is 6.03 Å². The second-order valence-electron chi connectivity index (χ2n) is 8.75. The largest absolute Gasteiger partial charge is 0.337 e. The van der Waals surface area contributed by atoms with Crippen LogP contribution in [0.5, 0.6) is 0 Å². The van der Waals surface area contributed by atoms with Crippen LogP contribution < -0.4 is 20.9 Å². The Morgan fingerprint density at radius 2 is 1.75 bits per heavy atom. The molecule has 36 heavy (non-hydrogen) atoms. The first-order valence-electron chi connectivity index (χ1n) is 11.4. The lowest BCUT2D eigenvalue weighted by atomic mass is 10.1. The van der Waals surface area contributed by atoms with Crippen LogP contribution in [0.4, 0.5) is 33.6 Å². The number of aromatic nitrogens is 2. The molecule has 3 aromatic rings. The van der Waals surface area contributed by atoms with Gasteiger partial charge in [0.1, 0.15) is 5.82 Å². The zero-order valence-electron chi connectivity index (χ0n) is 21.2. The molecule has 0 aliphatic carbocycles. The molecule has 0 radical (unpaired) electrons. The number of carbonyl (C=O) groups is 1. The Hall–Kier alpha value is -3.70. The number of carbonyl (C=O) groups excluding carboxylic acids is 1. The molecule has 1 unspecified atom stereocenters. The summed E-state index contributed by atoms with van der Waals surface area (Å²) in [5.74, 6) is 1.05. The Morgan fingerprint density at radius 3 is 2.42 bits per heavy atom. The molecule has 0 aliphatic heterocycles. The summed E-state index contributed by atoms with van der Waals surface area (Å²) in [7, 11) is 2.58. The molecule has 2 aromatic carbocycles. The lowest BCUT2D eigenvalue weighted by Gasteiger charge is -2.19. The first kappa shape index (κ1) is 26.9. The minimum atomic E-state index is -3.21. The zero-order chi connectivity index (χ0) is 26.3. The number of rotatable bonds is 10. The number of urea groups is 1. The molecule has 3 N–H and O–H groups in total. The summed E-state index contributed by atoms with van der Waals surface area (Å²) in [5, 5.41) is 8.17. The number of nitrogens with one attached hydrogen (secondary N) is 3. The van der Waals surface area contributed by atoms with E-state index >= 15 is 0 Å². The molecule has 0 fully saturated rings. The highest BCUT2D eigenvalue weighted by atomic mass is 32.2. The third kappa shape index (κ3) is 7.65. The molecule has 3 rings (SSSR count). The highest BCUT2D eigenvalue weighted by molar-refractivity contribution is 7.90. The molecule has 10 nitrogen and oxygen atoms in total. The van der Waals surface area contributed by atoms with Gasteiger partial charge in [-0.05, 0) is 69.0 Å². The van der Waals surface area contributed by atoms with E-state index < -0.39 is 15.1 Å². The smallest absolute Gasteiger partial charge is 0.319 e. The van der Waals surface area contributed by atoms with Crippen LogP contribution in [0.15, 0.2) is 60.8 Å². The summed E-state index contributed by atoms with van der Waals surface area (Å²) in [6.07, 6.45) is 2.88. The summed E-state index contributed by atoms with van der Waals surface area (Å²) in [6, 6.07) is 16.2. The summed E-state index contributed by atoms with van der Waals surface area (Å²) in [5.41, 5.74) is 2.95. The van der Waals surface area contributed by atoms with Gasteiger partial charge in [-0.25, -0.2) is 18.2 Å². The molecule has 1 atom stereocenters. The maximum absolute atomic E-state index is 12.0. The van der Waals surface area contributed by atoms with Crippen LogP contribution in [0, 0.1) is 0 Å². The fourth-order valence-electron chi connectivity index (χ4n) is 3.31. The molecular weight excluding hydrogens is 478 g/mol. The topological polar surface area (TPSA) is 120 Å². The molecule has 2 amide bonds. The van der Waals surface area contributed by atoms with Gasteiger partial charge < -0.3 is 25.8 Å². The molecule has 0 saturated carbocycles. The number of amides is 2. The normalized spacial score (nSPS) is 12.2. The van der Waals surface area contributed by atoms with E-state index in [0.29, 0.717) is 35.2 Å². The van der Waals surface area contributed by atoms with Crippen LogP contribution in [0.25, 0.3) is 0 Å². The van der Waals surface area contributed by atoms with Crippen molar-refractivity contribution in [2.45, 2.75) is 12.2 Å². The van der Waals surface area contributed by atoms with Gasteiger partial charge in [0.05, 0.1) is 5.25 Å². The van der Waals surface area contributed by atoms with Gasteiger partial charge in [-0.2, -0.15) is 4.98 Å². The van der Waals surface area contributed by atoms with E-state index in [0.717, 1.165) is 12.2 Å². The number of hydrogen-bond donors (Lipinski definition) is 3. The Bertz CT molecular complexity index is 1280. The van der Waals surface area contributed by atoms with Gasteiger partial charge in [0.15, 0.2) is 9.84 Å². The van der Waals surface area contributed by atoms with Crippen molar-refractivity contribution in [2.75, 3.05) is 56.0 Å². The molecule has 0 spiro atoms. The Morgan fingerprint density at radius 1 is 1.03 bits per heavy atom.